The minimum atomic E-state index is -0.348. The van der Waals surface area contributed by atoms with Crippen molar-refractivity contribution in [3.63, 3.8) is 0 Å². The van der Waals surface area contributed by atoms with Gasteiger partial charge in [0.15, 0.2) is 0 Å². The number of hydrogen-bond acceptors (Lipinski definition) is 5. The summed E-state index contributed by atoms with van der Waals surface area (Å²) in [7, 11) is 0. The molecule has 0 aliphatic heterocycles. The van der Waals surface area contributed by atoms with Crippen LogP contribution in [-0.4, -0.2) is 16.2 Å². The number of nitro groups is 1. The summed E-state index contributed by atoms with van der Waals surface area (Å²) in [6.45, 7) is 2.25. The van der Waals surface area contributed by atoms with Gasteiger partial charge < -0.3 is 5.32 Å². The van der Waals surface area contributed by atoms with Crippen LogP contribution in [0.3, 0.4) is 0 Å². The van der Waals surface area contributed by atoms with Gasteiger partial charge in [-0.2, -0.15) is 0 Å². The summed E-state index contributed by atoms with van der Waals surface area (Å²) in [4.78, 5) is 14.5. The number of rotatable bonds is 6. The zero-order valence-electron chi connectivity index (χ0n) is 10.1. The van der Waals surface area contributed by atoms with Gasteiger partial charge in [0, 0.05) is 19.2 Å². The van der Waals surface area contributed by atoms with E-state index in [2.05, 4.69) is 10.3 Å². The topological polar surface area (TPSA) is 68.1 Å². The van der Waals surface area contributed by atoms with Gasteiger partial charge in [0.1, 0.15) is 10.2 Å². The molecule has 1 aromatic rings. The predicted octanol–water partition coefficient (Wildman–Crippen LogP) is 3.04. The minimum absolute atomic E-state index is 0.199. The Bertz CT molecular complexity index is 448. The monoisotopic (exact) mass is 287 g/mol. The van der Waals surface area contributed by atoms with E-state index in [0.29, 0.717) is 23.1 Å². The van der Waals surface area contributed by atoms with Crippen LogP contribution in [0.25, 0.3) is 0 Å². The van der Waals surface area contributed by atoms with Crippen molar-refractivity contribution in [3.8, 4) is 0 Å². The van der Waals surface area contributed by atoms with E-state index in [1.807, 2.05) is 12.3 Å². The largest absolute Gasteiger partial charge is 0.370 e. The number of halogens is 1. The highest BCUT2D eigenvalue weighted by Crippen LogP contribution is 2.18. The van der Waals surface area contributed by atoms with Gasteiger partial charge in [0.2, 0.25) is 0 Å². The Morgan fingerprint density at radius 1 is 1.61 bits per heavy atom. The van der Waals surface area contributed by atoms with Gasteiger partial charge in [0.25, 0.3) is 5.70 Å². The van der Waals surface area contributed by atoms with Crippen LogP contribution in [0.1, 0.15) is 18.9 Å². The molecular formula is C11H14ClN3O2S. The molecule has 0 aliphatic carbocycles. The van der Waals surface area contributed by atoms with Gasteiger partial charge >= 0.3 is 0 Å². The normalized spacial score (nSPS) is 11.9. The average Bonchev–Trinajstić information content (AvgIpc) is 2.35. The summed E-state index contributed by atoms with van der Waals surface area (Å²) in [6, 6.07) is 3.52. The quantitative estimate of drug-likeness (QED) is 0.495. The first-order chi connectivity index (χ1) is 8.58. The lowest BCUT2D eigenvalue weighted by Crippen LogP contribution is -2.15. The number of nitrogens with zero attached hydrogens (tertiary/aromatic N) is 2. The molecule has 7 heteroatoms. The van der Waals surface area contributed by atoms with Crippen molar-refractivity contribution in [3.05, 3.63) is 49.9 Å². The van der Waals surface area contributed by atoms with Crippen LogP contribution in [0, 0.1) is 10.1 Å². The number of thioether (sulfide) groups is 1. The molecule has 0 amide bonds. The van der Waals surface area contributed by atoms with E-state index < -0.39 is 0 Å². The number of allylic oxidation sites excluding steroid dienone is 1. The smallest absolute Gasteiger partial charge is 0.275 e. The van der Waals surface area contributed by atoms with Crippen LogP contribution in [0.4, 0.5) is 0 Å². The summed E-state index contributed by atoms with van der Waals surface area (Å²) in [5.41, 5.74) is 1.12. The second-order valence-corrected chi connectivity index (χ2v) is 4.64. The fourth-order valence-electron chi connectivity index (χ4n) is 1.36. The molecule has 5 nitrogen and oxygen atoms in total. The summed E-state index contributed by atoms with van der Waals surface area (Å²) in [6.07, 6.45) is 3.84. The molecular weight excluding hydrogens is 274 g/mol. The molecule has 0 saturated carbocycles. The summed E-state index contributed by atoms with van der Waals surface area (Å²) < 4.78 is 0. The fourth-order valence-corrected chi connectivity index (χ4v) is 2.14. The maximum Gasteiger partial charge on any atom is 0.275 e. The number of hydrogen-bond donors (Lipinski definition) is 1. The lowest BCUT2D eigenvalue weighted by Gasteiger charge is -2.09. The van der Waals surface area contributed by atoms with Gasteiger partial charge in [-0.3, -0.25) is 10.1 Å². The van der Waals surface area contributed by atoms with E-state index >= 15 is 0 Å². The number of nitrogens with one attached hydrogen (secondary N) is 1. The molecule has 1 aromatic heterocycles. The van der Waals surface area contributed by atoms with E-state index in [1.54, 1.807) is 19.2 Å². The van der Waals surface area contributed by atoms with Crippen LogP contribution in [0.15, 0.2) is 29.1 Å². The lowest BCUT2D eigenvalue weighted by atomic mass is 10.3. The standard InChI is InChI=1S/C11H14ClN3O2S/c1-3-9(15(16)17)11(18-2)14-7-8-4-5-10(12)13-6-8/h4-6,14H,3,7H2,1-2H3/b11-9-. The molecule has 0 unspecified atom stereocenters. The molecule has 0 fully saturated rings. The van der Waals surface area contributed by atoms with Crippen molar-refractivity contribution in [1.29, 1.82) is 0 Å². The third-order valence-corrected chi connectivity index (χ3v) is 3.28. The van der Waals surface area contributed by atoms with E-state index in [-0.39, 0.29) is 10.6 Å². The van der Waals surface area contributed by atoms with Crippen molar-refractivity contribution in [2.24, 2.45) is 0 Å². The minimum Gasteiger partial charge on any atom is -0.370 e. The predicted molar refractivity (Wildman–Crippen MR) is 73.9 cm³/mol. The Hall–Kier alpha value is -1.27. The van der Waals surface area contributed by atoms with E-state index in [0.717, 1.165) is 5.56 Å². The first-order valence-electron chi connectivity index (χ1n) is 5.34. The zero-order valence-corrected chi connectivity index (χ0v) is 11.7. The summed E-state index contributed by atoms with van der Waals surface area (Å²) in [5.74, 6) is 0. The number of pyridine rings is 1. The van der Waals surface area contributed by atoms with Crippen molar-refractivity contribution in [1.82, 2.24) is 10.3 Å². The van der Waals surface area contributed by atoms with Crippen molar-refractivity contribution in [2.45, 2.75) is 19.9 Å². The average molecular weight is 288 g/mol. The van der Waals surface area contributed by atoms with E-state index in [4.69, 9.17) is 11.6 Å². The molecule has 1 N–H and O–H groups in total. The Kier molecular flexibility index (Phi) is 5.94. The highest BCUT2D eigenvalue weighted by molar-refractivity contribution is 8.02. The molecule has 0 bridgehead atoms. The highest BCUT2D eigenvalue weighted by Gasteiger charge is 2.15. The fraction of sp³-hybridized carbons (Fsp3) is 0.364. The first-order valence-corrected chi connectivity index (χ1v) is 6.94. The van der Waals surface area contributed by atoms with Crippen molar-refractivity contribution in [2.75, 3.05) is 6.26 Å². The van der Waals surface area contributed by atoms with Crippen LogP contribution in [-0.2, 0) is 6.54 Å². The molecule has 0 aromatic carbocycles. The Balaban J connectivity index is 2.75. The molecule has 18 heavy (non-hydrogen) atoms. The van der Waals surface area contributed by atoms with Gasteiger partial charge in [-0.1, -0.05) is 24.6 Å². The maximum absolute atomic E-state index is 10.9. The Morgan fingerprint density at radius 3 is 2.78 bits per heavy atom. The third-order valence-electron chi connectivity index (χ3n) is 2.26. The van der Waals surface area contributed by atoms with Crippen LogP contribution >= 0.6 is 23.4 Å². The maximum atomic E-state index is 10.9. The van der Waals surface area contributed by atoms with Crippen LogP contribution < -0.4 is 5.32 Å². The first kappa shape index (κ1) is 14.8. The Labute approximate surface area is 115 Å². The van der Waals surface area contributed by atoms with E-state index in [1.165, 1.54) is 11.8 Å². The van der Waals surface area contributed by atoms with Crippen LogP contribution in [0.2, 0.25) is 5.15 Å². The molecule has 0 radical (unpaired) electrons. The molecule has 0 spiro atoms. The summed E-state index contributed by atoms with van der Waals surface area (Å²) in [5, 5.41) is 14.9. The molecule has 98 valence electrons. The van der Waals surface area contributed by atoms with Gasteiger partial charge in [-0.25, -0.2) is 4.98 Å². The number of aromatic nitrogens is 1. The SMILES string of the molecule is CC/C(=C(\NCc1ccc(Cl)nc1)SC)[N+](=O)[O-]. The van der Waals surface area contributed by atoms with E-state index in [9.17, 15) is 10.1 Å². The second-order valence-electron chi connectivity index (χ2n) is 3.43. The molecule has 1 heterocycles. The molecule has 1 rings (SSSR count). The van der Waals surface area contributed by atoms with Gasteiger partial charge in [0.05, 0.1) is 4.92 Å². The third kappa shape index (κ3) is 4.19. The highest BCUT2D eigenvalue weighted by atomic mass is 35.5. The summed E-state index contributed by atoms with van der Waals surface area (Å²) >= 11 is 7.02. The molecule has 0 atom stereocenters. The van der Waals surface area contributed by atoms with Gasteiger partial charge in [-0.15, -0.1) is 11.8 Å². The van der Waals surface area contributed by atoms with Gasteiger partial charge in [-0.05, 0) is 17.9 Å². The zero-order chi connectivity index (χ0) is 13.5. The molecule has 0 aliphatic rings. The molecule has 0 saturated heterocycles. The lowest BCUT2D eigenvalue weighted by molar-refractivity contribution is -0.428. The van der Waals surface area contributed by atoms with Crippen molar-refractivity contribution < 1.29 is 4.92 Å². The Morgan fingerprint density at radius 2 is 2.33 bits per heavy atom. The second kappa shape index (κ2) is 7.23. The van der Waals surface area contributed by atoms with Crippen LogP contribution in [0.5, 0.6) is 0 Å². The van der Waals surface area contributed by atoms with Crippen molar-refractivity contribution >= 4 is 23.4 Å².